The first kappa shape index (κ1) is 16.2. The van der Waals surface area contributed by atoms with E-state index in [2.05, 4.69) is 5.32 Å². The molecule has 0 saturated carbocycles. The molecule has 1 atom stereocenters. The number of hydrogen-bond donors (Lipinski definition) is 1. The van der Waals surface area contributed by atoms with Gasteiger partial charge in [-0.3, -0.25) is 0 Å². The van der Waals surface area contributed by atoms with Crippen molar-refractivity contribution in [2.24, 2.45) is 0 Å². The fourth-order valence-electron chi connectivity index (χ4n) is 2.26. The van der Waals surface area contributed by atoms with Crippen molar-refractivity contribution in [1.82, 2.24) is 5.32 Å². The van der Waals surface area contributed by atoms with Gasteiger partial charge in [0.15, 0.2) is 11.6 Å². The molecule has 0 radical (unpaired) electrons. The van der Waals surface area contributed by atoms with Gasteiger partial charge in [-0.25, -0.2) is 4.39 Å². The van der Waals surface area contributed by atoms with Gasteiger partial charge in [0, 0.05) is 13.7 Å². The highest BCUT2D eigenvalue weighted by Crippen LogP contribution is 2.28. The number of halogens is 2. The number of benzene rings is 1. The highest BCUT2D eigenvalue weighted by atomic mass is 35.5. The number of methoxy groups -OCH3 is 1. The van der Waals surface area contributed by atoms with Crippen molar-refractivity contribution in [3.63, 3.8) is 0 Å². The minimum Gasteiger partial charge on any atom is -0.488 e. The number of hydrogen-bond acceptors (Lipinski definition) is 3. The van der Waals surface area contributed by atoms with Gasteiger partial charge >= 0.3 is 0 Å². The van der Waals surface area contributed by atoms with Crippen LogP contribution in [-0.2, 0) is 4.74 Å². The van der Waals surface area contributed by atoms with Crippen LogP contribution in [0.4, 0.5) is 4.39 Å². The summed E-state index contributed by atoms with van der Waals surface area (Å²) in [5, 5.41) is 3.37. The van der Waals surface area contributed by atoms with Crippen LogP contribution in [0.1, 0.15) is 24.3 Å². The molecule has 0 aliphatic carbocycles. The van der Waals surface area contributed by atoms with Gasteiger partial charge in [0.1, 0.15) is 6.61 Å². The lowest BCUT2D eigenvalue weighted by atomic mass is 9.91. The van der Waals surface area contributed by atoms with Crippen molar-refractivity contribution in [3.05, 3.63) is 29.6 Å². The van der Waals surface area contributed by atoms with E-state index in [-0.39, 0.29) is 18.2 Å². The molecule has 1 fully saturated rings. The monoisotopic (exact) mass is 289 g/mol. The Morgan fingerprint density at radius 2 is 2.21 bits per heavy atom. The quantitative estimate of drug-likeness (QED) is 0.846. The summed E-state index contributed by atoms with van der Waals surface area (Å²) in [4.78, 5) is 0. The van der Waals surface area contributed by atoms with Gasteiger partial charge in [-0.1, -0.05) is 6.07 Å². The Morgan fingerprint density at radius 3 is 2.89 bits per heavy atom. The zero-order chi connectivity index (χ0) is 12.8. The van der Waals surface area contributed by atoms with Crippen LogP contribution in [0.3, 0.4) is 0 Å². The third-order valence-electron chi connectivity index (χ3n) is 3.27. The average molecular weight is 290 g/mol. The number of ether oxygens (including phenoxy) is 2. The second kappa shape index (κ2) is 8.35. The molecule has 0 bridgehead atoms. The molecule has 2 rings (SSSR count). The van der Waals surface area contributed by atoms with Crippen molar-refractivity contribution in [2.75, 3.05) is 33.4 Å². The second-order valence-corrected chi connectivity index (χ2v) is 4.57. The van der Waals surface area contributed by atoms with Crippen molar-refractivity contribution >= 4 is 12.4 Å². The van der Waals surface area contributed by atoms with Gasteiger partial charge in [-0.2, -0.15) is 0 Å². The number of piperidine rings is 1. The van der Waals surface area contributed by atoms with Gasteiger partial charge in [-0.05, 0) is 43.0 Å². The Balaban J connectivity index is 0.00000180. The topological polar surface area (TPSA) is 30.5 Å². The van der Waals surface area contributed by atoms with Crippen LogP contribution in [0.25, 0.3) is 0 Å². The summed E-state index contributed by atoms with van der Waals surface area (Å²) in [5.74, 6) is 0.484. The first-order chi connectivity index (χ1) is 8.81. The Hall–Kier alpha value is -0.840. The van der Waals surface area contributed by atoms with Gasteiger partial charge in [0.2, 0.25) is 0 Å². The highest BCUT2D eigenvalue weighted by Gasteiger charge is 2.16. The molecule has 1 aromatic rings. The molecule has 0 aromatic heterocycles. The van der Waals surface area contributed by atoms with E-state index in [9.17, 15) is 4.39 Å². The normalized spacial score (nSPS) is 18.7. The molecule has 108 valence electrons. The minimum absolute atomic E-state index is 0. The van der Waals surface area contributed by atoms with Crippen LogP contribution in [0.15, 0.2) is 18.2 Å². The maximum atomic E-state index is 13.6. The van der Waals surface area contributed by atoms with Crippen molar-refractivity contribution in [2.45, 2.75) is 18.8 Å². The fraction of sp³-hybridized carbons (Fsp3) is 0.571. The summed E-state index contributed by atoms with van der Waals surface area (Å²) in [6, 6.07) is 5.17. The van der Waals surface area contributed by atoms with Crippen molar-refractivity contribution < 1.29 is 13.9 Å². The van der Waals surface area contributed by atoms with Crippen molar-refractivity contribution in [1.29, 1.82) is 0 Å². The number of nitrogens with one attached hydrogen (secondary N) is 1. The predicted octanol–water partition coefficient (Wildman–Crippen LogP) is 2.74. The Bertz CT molecular complexity index is 384. The summed E-state index contributed by atoms with van der Waals surface area (Å²) in [7, 11) is 1.60. The summed E-state index contributed by atoms with van der Waals surface area (Å²) >= 11 is 0. The molecular weight excluding hydrogens is 269 g/mol. The summed E-state index contributed by atoms with van der Waals surface area (Å²) in [6.45, 7) is 2.88. The molecule has 1 aliphatic rings. The SMILES string of the molecule is COCCOc1cc(C2CCCNC2)ccc1F.Cl. The summed E-state index contributed by atoms with van der Waals surface area (Å²) in [5.41, 5.74) is 1.15. The van der Waals surface area contributed by atoms with E-state index < -0.39 is 0 Å². The molecule has 1 aliphatic heterocycles. The van der Waals surface area contributed by atoms with Gasteiger partial charge in [-0.15, -0.1) is 12.4 Å². The van der Waals surface area contributed by atoms with Crippen LogP contribution >= 0.6 is 12.4 Å². The van der Waals surface area contributed by atoms with E-state index in [0.29, 0.717) is 24.9 Å². The molecule has 1 aromatic carbocycles. The zero-order valence-electron chi connectivity index (χ0n) is 11.2. The Morgan fingerprint density at radius 1 is 1.37 bits per heavy atom. The van der Waals surface area contributed by atoms with E-state index in [4.69, 9.17) is 9.47 Å². The fourth-order valence-corrected chi connectivity index (χ4v) is 2.26. The Labute approximate surface area is 119 Å². The minimum atomic E-state index is -0.307. The van der Waals surface area contributed by atoms with E-state index in [0.717, 1.165) is 25.1 Å². The molecule has 1 saturated heterocycles. The maximum Gasteiger partial charge on any atom is 0.165 e. The molecule has 0 spiro atoms. The van der Waals surface area contributed by atoms with Crippen molar-refractivity contribution in [3.8, 4) is 5.75 Å². The summed E-state index contributed by atoms with van der Waals surface area (Å²) < 4.78 is 23.9. The van der Waals surface area contributed by atoms with Crippen LogP contribution < -0.4 is 10.1 Å². The average Bonchev–Trinajstić information content (AvgIpc) is 2.42. The molecule has 5 heteroatoms. The first-order valence-corrected chi connectivity index (χ1v) is 6.43. The Kier molecular flexibility index (Phi) is 7.13. The molecular formula is C14H21ClFNO2. The molecule has 19 heavy (non-hydrogen) atoms. The van der Waals surface area contributed by atoms with E-state index >= 15 is 0 Å². The lowest BCUT2D eigenvalue weighted by Crippen LogP contribution is -2.28. The maximum absolute atomic E-state index is 13.6. The molecule has 3 nitrogen and oxygen atoms in total. The molecule has 1 unspecified atom stereocenters. The lowest BCUT2D eigenvalue weighted by Gasteiger charge is -2.23. The van der Waals surface area contributed by atoms with Crippen LogP contribution in [0, 0.1) is 5.82 Å². The second-order valence-electron chi connectivity index (χ2n) is 4.57. The third-order valence-corrected chi connectivity index (χ3v) is 3.27. The lowest BCUT2D eigenvalue weighted by molar-refractivity contribution is 0.143. The van der Waals surface area contributed by atoms with E-state index in [1.807, 2.05) is 12.1 Å². The highest BCUT2D eigenvalue weighted by molar-refractivity contribution is 5.85. The van der Waals surface area contributed by atoms with Gasteiger partial charge < -0.3 is 14.8 Å². The largest absolute Gasteiger partial charge is 0.488 e. The standard InChI is InChI=1S/C14H20FNO2.ClH/c1-17-7-8-18-14-9-11(4-5-13(14)15)12-3-2-6-16-10-12;/h4-5,9,12,16H,2-3,6-8,10H2,1H3;1H. The molecule has 0 amide bonds. The molecule has 1 heterocycles. The van der Waals surface area contributed by atoms with Gasteiger partial charge in [0.25, 0.3) is 0 Å². The summed E-state index contributed by atoms with van der Waals surface area (Å²) in [6.07, 6.45) is 2.32. The van der Waals surface area contributed by atoms with E-state index in [1.54, 1.807) is 7.11 Å². The smallest absolute Gasteiger partial charge is 0.165 e. The first-order valence-electron chi connectivity index (χ1n) is 6.43. The third kappa shape index (κ3) is 4.64. The predicted molar refractivity (Wildman–Crippen MR) is 75.9 cm³/mol. The zero-order valence-corrected chi connectivity index (χ0v) is 12.0. The van der Waals surface area contributed by atoms with E-state index in [1.165, 1.54) is 12.5 Å². The molecule has 1 N–H and O–H groups in total. The van der Waals surface area contributed by atoms with Crippen LogP contribution in [0.5, 0.6) is 5.75 Å². The van der Waals surface area contributed by atoms with Gasteiger partial charge in [0.05, 0.1) is 6.61 Å². The van der Waals surface area contributed by atoms with Crippen LogP contribution in [-0.4, -0.2) is 33.4 Å². The number of rotatable bonds is 5. The van der Waals surface area contributed by atoms with Crippen LogP contribution in [0.2, 0.25) is 0 Å².